The van der Waals surface area contributed by atoms with Crippen molar-refractivity contribution in [2.45, 2.75) is 12.2 Å². The monoisotopic (exact) mass is 245 g/mol. The predicted molar refractivity (Wildman–Crippen MR) is 43.7 cm³/mol. The van der Waals surface area contributed by atoms with Crippen LogP contribution >= 0.6 is 0 Å². The zero-order valence-corrected chi connectivity index (χ0v) is 7.82. The molecule has 0 spiro atoms. The van der Waals surface area contributed by atoms with Gasteiger partial charge in [-0.25, -0.2) is 5.32 Å². The van der Waals surface area contributed by atoms with Gasteiger partial charge < -0.3 is 0 Å². The van der Waals surface area contributed by atoms with Crippen molar-refractivity contribution < 1.29 is 27.4 Å². The van der Waals surface area contributed by atoms with Gasteiger partial charge >= 0.3 is 22.6 Å². The van der Waals surface area contributed by atoms with Crippen LogP contribution in [-0.2, 0) is 10.4 Å². The molecule has 2 unspecified atom stereocenters. The first-order valence-electron chi connectivity index (χ1n) is 3.33. The molecular weight excluding hydrogens is 238 g/mol. The lowest BCUT2D eigenvalue weighted by atomic mass is 10.1. The first-order valence-corrected chi connectivity index (χ1v) is 4.73. The fourth-order valence-electron chi connectivity index (χ4n) is 0.734. The maximum Gasteiger partial charge on any atom is 0.394 e. The summed E-state index contributed by atoms with van der Waals surface area (Å²) in [6, 6.07) is -1.05. The van der Waals surface area contributed by atoms with Crippen molar-refractivity contribution in [1.82, 2.24) is 5.32 Å². The molecule has 0 aromatic heterocycles. The lowest BCUT2D eigenvalue weighted by Gasteiger charge is -2.22. The minimum Gasteiger partial charge on any atom is -0.264 e. The second kappa shape index (κ2) is 4.92. The fraction of sp³-hybridized carbons (Fsp3) is 1.00. The van der Waals surface area contributed by atoms with Crippen molar-refractivity contribution in [3.8, 4) is 0 Å². The molecule has 3 N–H and O–H groups in total. The van der Waals surface area contributed by atoms with E-state index in [2.05, 4.69) is 5.32 Å². The first-order chi connectivity index (χ1) is 6.63. The van der Waals surface area contributed by atoms with Crippen LogP contribution in [0, 0.1) is 20.2 Å². The summed E-state index contributed by atoms with van der Waals surface area (Å²) in [7, 11) is -4.67. The average molecular weight is 245 g/mol. The maximum absolute atomic E-state index is 9.96. The highest BCUT2D eigenvalue weighted by Gasteiger charge is 2.49. The molecule has 0 bridgehead atoms. The SMILES string of the molecule is O=S(=O)(O)O.O=[N+]([O-])C1CNC1[N+](=O)[O-]. The van der Waals surface area contributed by atoms with Crippen molar-refractivity contribution in [3.05, 3.63) is 20.2 Å². The topological polar surface area (TPSA) is 173 Å². The molecule has 88 valence electrons. The Labute approximate surface area is 83.0 Å². The third kappa shape index (κ3) is 5.84. The number of nitrogens with one attached hydrogen (secondary N) is 1. The van der Waals surface area contributed by atoms with Gasteiger partial charge in [-0.2, -0.15) is 8.42 Å². The second-order valence-electron chi connectivity index (χ2n) is 2.44. The van der Waals surface area contributed by atoms with Crippen LogP contribution in [0.5, 0.6) is 0 Å². The molecule has 12 heteroatoms. The van der Waals surface area contributed by atoms with Crippen molar-refractivity contribution in [1.29, 1.82) is 0 Å². The maximum atomic E-state index is 9.96. The van der Waals surface area contributed by atoms with Crippen molar-refractivity contribution in [2.75, 3.05) is 6.54 Å². The van der Waals surface area contributed by atoms with Gasteiger partial charge in [0.15, 0.2) is 0 Å². The first kappa shape index (κ1) is 13.6. The lowest BCUT2D eigenvalue weighted by Crippen LogP contribution is -2.64. The Bertz CT molecular complexity index is 322. The molecule has 0 amide bonds. The van der Waals surface area contributed by atoms with Crippen molar-refractivity contribution >= 4 is 10.4 Å². The highest BCUT2D eigenvalue weighted by Crippen LogP contribution is 2.07. The summed E-state index contributed by atoms with van der Waals surface area (Å²) >= 11 is 0. The normalized spacial score (nSPS) is 24.4. The highest BCUT2D eigenvalue weighted by molar-refractivity contribution is 7.79. The van der Waals surface area contributed by atoms with Gasteiger partial charge in [0.05, 0.1) is 6.54 Å². The molecule has 0 aliphatic carbocycles. The average Bonchev–Trinajstić information content (AvgIpc) is 1.74. The quantitative estimate of drug-likeness (QED) is 0.287. The Hall–Kier alpha value is -1.37. The minimum atomic E-state index is -4.67. The van der Waals surface area contributed by atoms with Gasteiger partial charge in [-0.05, 0) is 0 Å². The van der Waals surface area contributed by atoms with Crippen LogP contribution in [0.25, 0.3) is 0 Å². The molecule has 11 nitrogen and oxygen atoms in total. The summed E-state index contributed by atoms with van der Waals surface area (Å²) in [6.45, 7) is 0.0959. The van der Waals surface area contributed by atoms with E-state index in [1.807, 2.05) is 0 Å². The van der Waals surface area contributed by atoms with Crippen LogP contribution < -0.4 is 5.32 Å². The standard InChI is InChI=1S/C3H5N3O4.H2O4S/c7-5(8)2-1-4-3(2)6(9)10;1-5(2,3)4/h2-4H,1H2;(H2,1,2,3,4). The van der Waals surface area contributed by atoms with Crippen LogP contribution in [0.4, 0.5) is 0 Å². The Morgan fingerprint density at radius 1 is 1.20 bits per heavy atom. The van der Waals surface area contributed by atoms with E-state index in [4.69, 9.17) is 17.5 Å². The highest BCUT2D eigenvalue weighted by atomic mass is 32.3. The molecular formula is C3H7N3O8S. The number of hydrogen-bond acceptors (Lipinski definition) is 7. The number of nitrogens with zero attached hydrogens (tertiary/aromatic N) is 2. The molecule has 1 fully saturated rings. The minimum absolute atomic E-state index is 0.0959. The Morgan fingerprint density at radius 3 is 1.67 bits per heavy atom. The third-order valence-electron chi connectivity index (χ3n) is 1.40. The molecule has 1 heterocycles. The van der Waals surface area contributed by atoms with Crippen molar-refractivity contribution in [3.63, 3.8) is 0 Å². The van der Waals surface area contributed by atoms with E-state index in [9.17, 15) is 20.2 Å². The number of rotatable bonds is 2. The molecule has 1 saturated heterocycles. The van der Waals surface area contributed by atoms with E-state index < -0.39 is 32.5 Å². The number of nitro groups is 2. The summed E-state index contributed by atoms with van der Waals surface area (Å²) in [4.78, 5) is 18.6. The summed E-state index contributed by atoms with van der Waals surface area (Å²) in [5.74, 6) is 0. The largest absolute Gasteiger partial charge is 0.394 e. The Balaban J connectivity index is 0.000000336. The zero-order valence-electron chi connectivity index (χ0n) is 7.01. The number of hydrogen-bond donors (Lipinski definition) is 3. The van der Waals surface area contributed by atoms with E-state index >= 15 is 0 Å². The van der Waals surface area contributed by atoms with E-state index in [0.29, 0.717) is 0 Å². The van der Waals surface area contributed by atoms with Crippen LogP contribution in [0.15, 0.2) is 0 Å². The van der Waals surface area contributed by atoms with Crippen LogP contribution in [0.1, 0.15) is 0 Å². The van der Waals surface area contributed by atoms with E-state index in [1.165, 1.54) is 0 Å². The predicted octanol–water partition coefficient (Wildman–Crippen LogP) is -1.82. The molecule has 0 aromatic carbocycles. The van der Waals surface area contributed by atoms with E-state index in [0.717, 1.165) is 0 Å². The Morgan fingerprint density at radius 2 is 1.60 bits per heavy atom. The van der Waals surface area contributed by atoms with Gasteiger partial charge in [0.25, 0.3) is 0 Å². The van der Waals surface area contributed by atoms with Gasteiger partial charge in [0.2, 0.25) is 0 Å². The Kier molecular flexibility index (Phi) is 4.47. The summed E-state index contributed by atoms with van der Waals surface area (Å²) in [6.07, 6.45) is -1.19. The molecule has 1 rings (SSSR count). The van der Waals surface area contributed by atoms with Gasteiger partial charge in [0.1, 0.15) is 0 Å². The van der Waals surface area contributed by atoms with Crippen LogP contribution in [0.2, 0.25) is 0 Å². The molecule has 15 heavy (non-hydrogen) atoms. The fourth-order valence-corrected chi connectivity index (χ4v) is 0.734. The smallest absolute Gasteiger partial charge is 0.264 e. The third-order valence-corrected chi connectivity index (χ3v) is 1.40. The molecule has 1 aliphatic heterocycles. The summed E-state index contributed by atoms with van der Waals surface area (Å²) < 4.78 is 31.6. The van der Waals surface area contributed by atoms with Gasteiger partial charge in [0, 0.05) is 9.85 Å². The molecule has 0 radical (unpaired) electrons. The zero-order chi connectivity index (χ0) is 12.2. The second-order valence-corrected chi connectivity index (χ2v) is 3.33. The van der Waals surface area contributed by atoms with Crippen LogP contribution in [0.3, 0.4) is 0 Å². The summed E-state index contributed by atoms with van der Waals surface area (Å²) in [5.41, 5.74) is 0. The molecule has 0 saturated carbocycles. The van der Waals surface area contributed by atoms with Gasteiger partial charge in [-0.3, -0.25) is 29.3 Å². The van der Waals surface area contributed by atoms with Crippen molar-refractivity contribution in [2.24, 2.45) is 0 Å². The van der Waals surface area contributed by atoms with Crippen LogP contribution in [-0.4, -0.2) is 46.1 Å². The van der Waals surface area contributed by atoms with E-state index in [1.54, 1.807) is 0 Å². The molecule has 2 atom stereocenters. The summed E-state index contributed by atoms with van der Waals surface area (Å²) in [5, 5.41) is 22.2. The van der Waals surface area contributed by atoms with Gasteiger partial charge in [-0.1, -0.05) is 0 Å². The van der Waals surface area contributed by atoms with Gasteiger partial charge in [-0.15, -0.1) is 0 Å². The molecule has 0 aromatic rings. The lowest BCUT2D eigenvalue weighted by molar-refractivity contribution is -0.641. The van der Waals surface area contributed by atoms with E-state index in [-0.39, 0.29) is 6.54 Å². The molecule has 1 aliphatic rings.